The lowest BCUT2D eigenvalue weighted by Gasteiger charge is -2.64. The zero-order valence-corrected chi connectivity index (χ0v) is 23.5. The minimum atomic E-state index is -0.611. The Morgan fingerprint density at radius 2 is 1.90 bits per heavy atom. The molecule has 2 N–H and O–H groups in total. The number of benzene rings is 2. The Morgan fingerprint density at radius 3 is 2.59 bits per heavy atom. The molecule has 0 aromatic heterocycles. The Bertz CT molecular complexity index is 1310. The quantitative estimate of drug-likeness (QED) is 0.357. The molecule has 6 nitrogen and oxygen atoms in total. The lowest BCUT2D eigenvalue weighted by Crippen LogP contribution is -2.65. The molecule has 0 spiro atoms. The predicted octanol–water partition coefficient (Wildman–Crippen LogP) is 5.32. The summed E-state index contributed by atoms with van der Waals surface area (Å²) in [5, 5.41) is 5.57. The minimum Gasteiger partial charge on any atom is -0.404 e. The standard InChI is InChI=1S/C31H38BFN2O4/c1-18-11-12-21(19(2)13-18)15-27(32-38-26-17-22-16-25(30(22,4)5)31(26,6)39-32)35-28(36)14-20(3)29(37)34-24-10-8-7-9-23(24)33/h7-13,22,25-27H,3,14-17H2,1-2,4-6H3,(H,34,37)(H,35,36)/t22-,25-,26+,27-,31-/m0/s1. The maximum atomic E-state index is 14.0. The van der Waals surface area contributed by atoms with Gasteiger partial charge in [-0.2, -0.15) is 0 Å². The van der Waals surface area contributed by atoms with Crippen LogP contribution in [0.4, 0.5) is 10.1 Å². The van der Waals surface area contributed by atoms with Gasteiger partial charge in [0.15, 0.2) is 0 Å². The molecule has 206 valence electrons. The van der Waals surface area contributed by atoms with Gasteiger partial charge in [-0.3, -0.25) is 9.59 Å². The van der Waals surface area contributed by atoms with Crippen molar-refractivity contribution >= 4 is 24.6 Å². The van der Waals surface area contributed by atoms with Crippen LogP contribution in [0.3, 0.4) is 0 Å². The van der Waals surface area contributed by atoms with Crippen molar-refractivity contribution in [2.45, 2.75) is 77.9 Å². The molecule has 5 atom stereocenters. The van der Waals surface area contributed by atoms with E-state index in [2.05, 4.69) is 70.0 Å². The molecule has 1 heterocycles. The van der Waals surface area contributed by atoms with Gasteiger partial charge in [0.25, 0.3) is 5.91 Å². The molecule has 2 aromatic rings. The van der Waals surface area contributed by atoms with Crippen molar-refractivity contribution in [2.24, 2.45) is 17.3 Å². The van der Waals surface area contributed by atoms with Gasteiger partial charge in [0.05, 0.1) is 29.8 Å². The second kappa shape index (κ2) is 10.2. The maximum absolute atomic E-state index is 14.0. The third kappa shape index (κ3) is 5.17. The SMILES string of the molecule is C=C(CC(=O)N[C@@H](Cc1ccc(C)cc1C)B1O[C@@H]2C[C@@H]3C[C@@H](C3(C)C)[C@]2(C)O1)C(=O)Nc1ccccc1F. The summed E-state index contributed by atoms with van der Waals surface area (Å²) in [7, 11) is -0.611. The van der Waals surface area contributed by atoms with Crippen molar-refractivity contribution in [1.29, 1.82) is 0 Å². The molecule has 0 radical (unpaired) electrons. The summed E-state index contributed by atoms with van der Waals surface area (Å²) in [5.41, 5.74) is 3.28. The normalized spacial score (nSPS) is 27.2. The van der Waals surface area contributed by atoms with Crippen LogP contribution in [0.2, 0.25) is 0 Å². The first-order valence-corrected chi connectivity index (χ1v) is 13.8. The average molecular weight is 532 g/mol. The number of aryl methyl sites for hydroxylation is 2. The number of hydrogen-bond donors (Lipinski definition) is 2. The van der Waals surface area contributed by atoms with E-state index in [0.29, 0.717) is 18.3 Å². The van der Waals surface area contributed by atoms with Gasteiger partial charge in [-0.25, -0.2) is 4.39 Å². The van der Waals surface area contributed by atoms with Gasteiger partial charge >= 0.3 is 7.12 Å². The Kier molecular flexibility index (Phi) is 7.23. The van der Waals surface area contributed by atoms with Gasteiger partial charge in [-0.1, -0.05) is 56.3 Å². The maximum Gasteiger partial charge on any atom is 0.482 e. The van der Waals surface area contributed by atoms with Crippen LogP contribution < -0.4 is 10.6 Å². The van der Waals surface area contributed by atoms with E-state index in [1.807, 2.05) is 0 Å². The van der Waals surface area contributed by atoms with E-state index in [4.69, 9.17) is 9.31 Å². The monoisotopic (exact) mass is 532 g/mol. The van der Waals surface area contributed by atoms with Crippen molar-refractivity contribution in [3.05, 3.63) is 77.1 Å². The van der Waals surface area contributed by atoms with Crippen LogP contribution in [-0.4, -0.2) is 36.6 Å². The van der Waals surface area contributed by atoms with Gasteiger partial charge in [0, 0.05) is 5.57 Å². The molecule has 3 aliphatic carbocycles. The molecular weight excluding hydrogens is 494 g/mol. The Morgan fingerprint density at radius 1 is 1.15 bits per heavy atom. The highest BCUT2D eigenvalue weighted by molar-refractivity contribution is 6.48. The first kappa shape index (κ1) is 27.6. The smallest absolute Gasteiger partial charge is 0.404 e. The molecule has 8 heteroatoms. The zero-order chi connectivity index (χ0) is 28.1. The van der Waals surface area contributed by atoms with Crippen LogP contribution >= 0.6 is 0 Å². The fraction of sp³-hybridized carbons (Fsp3) is 0.484. The van der Waals surface area contributed by atoms with Crippen molar-refractivity contribution < 1.29 is 23.3 Å². The zero-order valence-electron chi connectivity index (χ0n) is 23.5. The highest BCUT2D eigenvalue weighted by Crippen LogP contribution is 2.65. The summed E-state index contributed by atoms with van der Waals surface area (Å²) < 4.78 is 27.2. The van der Waals surface area contributed by atoms with Gasteiger partial charge in [0.2, 0.25) is 5.91 Å². The van der Waals surface area contributed by atoms with E-state index >= 15 is 0 Å². The first-order valence-electron chi connectivity index (χ1n) is 13.8. The first-order chi connectivity index (χ1) is 18.4. The number of rotatable bonds is 8. The lowest BCUT2D eigenvalue weighted by molar-refractivity contribution is -0.199. The van der Waals surface area contributed by atoms with Gasteiger partial charge in [0.1, 0.15) is 5.82 Å². The average Bonchev–Trinajstić information content (AvgIpc) is 3.23. The lowest BCUT2D eigenvalue weighted by atomic mass is 9.43. The highest BCUT2D eigenvalue weighted by Gasteiger charge is 2.68. The van der Waals surface area contributed by atoms with Gasteiger partial charge < -0.3 is 19.9 Å². The van der Waals surface area contributed by atoms with Crippen LogP contribution in [0.1, 0.15) is 56.7 Å². The molecule has 4 aliphatic rings. The summed E-state index contributed by atoms with van der Waals surface area (Å²) >= 11 is 0. The number of para-hydroxylation sites is 1. The summed E-state index contributed by atoms with van der Waals surface area (Å²) in [6, 6.07) is 12.1. The fourth-order valence-corrected chi connectivity index (χ4v) is 6.90. The molecule has 2 aromatic carbocycles. The van der Waals surface area contributed by atoms with E-state index in [9.17, 15) is 14.0 Å². The molecule has 4 fully saturated rings. The largest absolute Gasteiger partial charge is 0.482 e. The van der Waals surface area contributed by atoms with E-state index in [0.717, 1.165) is 24.0 Å². The number of amides is 2. The number of carbonyl (C=O) groups excluding carboxylic acids is 2. The van der Waals surface area contributed by atoms with Crippen LogP contribution in [0.15, 0.2) is 54.6 Å². The van der Waals surface area contributed by atoms with Crippen molar-refractivity contribution in [1.82, 2.24) is 5.32 Å². The van der Waals surface area contributed by atoms with E-state index in [1.54, 1.807) is 6.07 Å². The summed E-state index contributed by atoms with van der Waals surface area (Å²) in [4.78, 5) is 25.8. The van der Waals surface area contributed by atoms with E-state index in [-0.39, 0.29) is 35.1 Å². The Labute approximate surface area is 230 Å². The van der Waals surface area contributed by atoms with Gasteiger partial charge in [-0.15, -0.1) is 0 Å². The topological polar surface area (TPSA) is 76.7 Å². The second-order valence-electron chi connectivity index (χ2n) is 12.4. The van der Waals surface area contributed by atoms with Crippen LogP contribution in [-0.2, 0) is 25.3 Å². The van der Waals surface area contributed by atoms with Crippen LogP contribution in [0, 0.1) is 36.9 Å². The molecule has 39 heavy (non-hydrogen) atoms. The third-order valence-corrected chi connectivity index (χ3v) is 9.40. The predicted molar refractivity (Wildman–Crippen MR) is 150 cm³/mol. The molecule has 0 unspecified atom stereocenters. The molecule has 2 bridgehead atoms. The minimum absolute atomic E-state index is 0.0145. The fourth-order valence-electron chi connectivity index (χ4n) is 6.90. The number of nitrogens with one attached hydrogen (secondary N) is 2. The van der Waals surface area contributed by atoms with Crippen molar-refractivity contribution in [3.63, 3.8) is 0 Å². The van der Waals surface area contributed by atoms with E-state index in [1.165, 1.54) is 23.8 Å². The third-order valence-electron chi connectivity index (χ3n) is 9.40. The second-order valence-corrected chi connectivity index (χ2v) is 12.4. The molecule has 2 amide bonds. The Balaban J connectivity index is 1.30. The number of hydrogen-bond acceptors (Lipinski definition) is 4. The molecular formula is C31H38BFN2O4. The van der Waals surface area contributed by atoms with E-state index < -0.39 is 30.4 Å². The van der Waals surface area contributed by atoms with Crippen LogP contribution in [0.5, 0.6) is 0 Å². The molecule has 6 rings (SSSR count). The summed E-state index contributed by atoms with van der Waals surface area (Å²) in [6.07, 6.45) is 2.37. The number of halogens is 1. The van der Waals surface area contributed by atoms with Crippen LogP contribution in [0.25, 0.3) is 0 Å². The van der Waals surface area contributed by atoms with Crippen molar-refractivity contribution in [3.8, 4) is 0 Å². The molecule has 1 saturated heterocycles. The number of carbonyl (C=O) groups is 2. The number of anilines is 1. The summed E-state index contributed by atoms with van der Waals surface area (Å²) in [6.45, 7) is 14.7. The molecule has 3 saturated carbocycles. The van der Waals surface area contributed by atoms with Gasteiger partial charge in [-0.05, 0) is 80.5 Å². The van der Waals surface area contributed by atoms with Crippen molar-refractivity contribution in [2.75, 3.05) is 5.32 Å². The summed E-state index contributed by atoms with van der Waals surface area (Å²) in [5.74, 6) is -0.956. The molecule has 1 aliphatic heterocycles. The highest BCUT2D eigenvalue weighted by atomic mass is 19.1. The Hall–Kier alpha value is -2.97.